The lowest BCUT2D eigenvalue weighted by Crippen LogP contribution is -2.32. The van der Waals surface area contributed by atoms with E-state index in [-0.39, 0.29) is 28.6 Å². The van der Waals surface area contributed by atoms with Gasteiger partial charge in [-0.2, -0.15) is 0 Å². The van der Waals surface area contributed by atoms with Crippen molar-refractivity contribution in [3.8, 4) is 17.2 Å². The van der Waals surface area contributed by atoms with Crippen LogP contribution in [-0.2, 0) is 6.42 Å². The molecule has 0 spiro atoms. The number of ketones is 1. The minimum absolute atomic E-state index is 0.0187. The summed E-state index contributed by atoms with van der Waals surface area (Å²) in [6.07, 6.45) is 2.22. The fraction of sp³-hybridized carbons (Fsp3) is 0.588. The number of benzene rings is 1. The molecule has 1 aliphatic rings. The van der Waals surface area contributed by atoms with Gasteiger partial charge >= 0.3 is 0 Å². The fourth-order valence-corrected chi connectivity index (χ4v) is 2.60. The summed E-state index contributed by atoms with van der Waals surface area (Å²) in [6.45, 7) is 7.84. The van der Waals surface area contributed by atoms with Gasteiger partial charge in [-0.3, -0.25) is 4.79 Å². The number of rotatable bonds is 4. The summed E-state index contributed by atoms with van der Waals surface area (Å²) in [5.74, 6) is 0.781. The molecule has 116 valence electrons. The van der Waals surface area contributed by atoms with E-state index in [9.17, 15) is 9.90 Å². The van der Waals surface area contributed by atoms with Crippen LogP contribution in [-0.4, -0.2) is 23.6 Å². The standard InChI is InChI=1S/C17H24O4/c1-6-10(2)15(18)14-13(20-5)9-12-11(16(14)19)7-8-17(3,4)21-12/h9-10,19H,6-8H2,1-5H3. The Kier molecular flexibility index (Phi) is 4.17. The van der Waals surface area contributed by atoms with Gasteiger partial charge in [0.1, 0.15) is 28.4 Å². The SMILES string of the molecule is CCC(C)C(=O)c1c(OC)cc2c(c1O)CCC(C)(C)O2. The van der Waals surface area contributed by atoms with E-state index in [0.29, 0.717) is 23.5 Å². The maximum Gasteiger partial charge on any atom is 0.173 e. The zero-order valence-electron chi connectivity index (χ0n) is 13.4. The average molecular weight is 292 g/mol. The lowest BCUT2D eigenvalue weighted by Gasteiger charge is -2.33. The van der Waals surface area contributed by atoms with Gasteiger partial charge in [-0.1, -0.05) is 13.8 Å². The Morgan fingerprint density at radius 3 is 2.76 bits per heavy atom. The third-order valence-corrected chi connectivity index (χ3v) is 4.22. The summed E-state index contributed by atoms with van der Waals surface area (Å²) >= 11 is 0. The van der Waals surface area contributed by atoms with Crippen molar-refractivity contribution >= 4 is 5.78 Å². The number of carbonyl (C=O) groups excluding carboxylic acids is 1. The van der Waals surface area contributed by atoms with E-state index in [4.69, 9.17) is 9.47 Å². The highest BCUT2D eigenvalue weighted by molar-refractivity contribution is 6.03. The summed E-state index contributed by atoms with van der Waals surface area (Å²) in [6, 6.07) is 1.73. The van der Waals surface area contributed by atoms with Gasteiger partial charge in [-0.05, 0) is 33.1 Å². The van der Waals surface area contributed by atoms with Crippen molar-refractivity contribution in [2.75, 3.05) is 7.11 Å². The molecule has 0 fully saturated rings. The van der Waals surface area contributed by atoms with Crippen LogP contribution in [0.1, 0.15) is 56.5 Å². The molecule has 1 unspecified atom stereocenters. The molecule has 0 saturated carbocycles. The molecule has 1 atom stereocenters. The van der Waals surface area contributed by atoms with Crippen LogP contribution in [0.2, 0.25) is 0 Å². The van der Waals surface area contributed by atoms with Crippen molar-refractivity contribution in [1.82, 2.24) is 0 Å². The second kappa shape index (κ2) is 5.58. The summed E-state index contributed by atoms with van der Waals surface area (Å²) in [5, 5.41) is 10.6. The number of Topliss-reactive ketones (excluding diaryl/α,β-unsaturated/α-hetero) is 1. The number of hydrogen-bond acceptors (Lipinski definition) is 4. The topological polar surface area (TPSA) is 55.8 Å². The highest BCUT2D eigenvalue weighted by Gasteiger charge is 2.33. The van der Waals surface area contributed by atoms with Crippen molar-refractivity contribution in [1.29, 1.82) is 0 Å². The fourth-order valence-electron chi connectivity index (χ4n) is 2.60. The highest BCUT2D eigenvalue weighted by Crippen LogP contribution is 2.44. The quantitative estimate of drug-likeness (QED) is 0.859. The second-order valence-corrected chi connectivity index (χ2v) is 6.31. The number of phenols is 1. The largest absolute Gasteiger partial charge is 0.507 e. The van der Waals surface area contributed by atoms with E-state index >= 15 is 0 Å². The first-order chi connectivity index (χ1) is 9.80. The number of phenolic OH excluding ortho intramolecular Hbond substituents is 1. The smallest absolute Gasteiger partial charge is 0.173 e. The van der Waals surface area contributed by atoms with Crippen LogP contribution in [0.15, 0.2) is 6.07 Å². The number of methoxy groups -OCH3 is 1. The van der Waals surface area contributed by atoms with E-state index in [1.54, 1.807) is 6.07 Å². The molecule has 2 rings (SSSR count). The van der Waals surface area contributed by atoms with Crippen molar-refractivity contribution in [2.45, 2.75) is 52.6 Å². The Labute approximate surface area is 126 Å². The average Bonchev–Trinajstić information content (AvgIpc) is 2.44. The molecule has 1 aromatic rings. The molecule has 0 aromatic heterocycles. The van der Waals surface area contributed by atoms with Crippen LogP contribution < -0.4 is 9.47 Å². The van der Waals surface area contributed by atoms with Crippen LogP contribution >= 0.6 is 0 Å². The monoisotopic (exact) mass is 292 g/mol. The van der Waals surface area contributed by atoms with E-state index < -0.39 is 0 Å². The zero-order valence-corrected chi connectivity index (χ0v) is 13.4. The first kappa shape index (κ1) is 15.7. The minimum atomic E-state index is -0.271. The Morgan fingerprint density at radius 1 is 1.52 bits per heavy atom. The molecule has 0 amide bonds. The molecule has 0 bridgehead atoms. The lowest BCUT2D eigenvalue weighted by molar-refractivity contribution is 0.0827. The molecule has 0 aliphatic carbocycles. The van der Waals surface area contributed by atoms with Crippen LogP contribution in [0.5, 0.6) is 17.2 Å². The second-order valence-electron chi connectivity index (χ2n) is 6.31. The van der Waals surface area contributed by atoms with Crippen LogP contribution in [0.4, 0.5) is 0 Å². The number of ether oxygens (including phenoxy) is 2. The Bertz CT molecular complexity index is 560. The molecule has 0 saturated heterocycles. The van der Waals surface area contributed by atoms with E-state index in [0.717, 1.165) is 12.8 Å². The van der Waals surface area contributed by atoms with Crippen LogP contribution in [0.3, 0.4) is 0 Å². The van der Waals surface area contributed by atoms with Crippen LogP contribution in [0.25, 0.3) is 0 Å². The molecule has 4 nitrogen and oxygen atoms in total. The lowest BCUT2D eigenvalue weighted by atomic mass is 9.89. The summed E-state index contributed by atoms with van der Waals surface area (Å²) in [4.78, 5) is 12.5. The van der Waals surface area contributed by atoms with Crippen molar-refractivity contribution < 1.29 is 19.4 Å². The van der Waals surface area contributed by atoms with Gasteiger partial charge in [-0.15, -0.1) is 0 Å². The summed E-state index contributed by atoms with van der Waals surface area (Å²) in [7, 11) is 1.50. The minimum Gasteiger partial charge on any atom is -0.507 e. The molecule has 1 N–H and O–H groups in total. The van der Waals surface area contributed by atoms with Crippen molar-refractivity contribution in [3.05, 3.63) is 17.2 Å². The van der Waals surface area contributed by atoms with Crippen LogP contribution in [0, 0.1) is 5.92 Å². The van der Waals surface area contributed by atoms with E-state index in [2.05, 4.69) is 0 Å². The highest BCUT2D eigenvalue weighted by atomic mass is 16.5. The van der Waals surface area contributed by atoms with Gasteiger partial charge < -0.3 is 14.6 Å². The van der Waals surface area contributed by atoms with Gasteiger partial charge in [0.15, 0.2) is 5.78 Å². The first-order valence-corrected chi connectivity index (χ1v) is 7.46. The maximum atomic E-state index is 12.5. The number of hydrogen-bond donors (Lipinski definition) is 1. The van der Waals surface area contributed by atoms with E-state index in [1.165, 1.54) is 7.11 Å². The van der Waals surface area contributed by atoms with Gasteiger partial charge in [0.05, 0.1) is 7.11 Å². The maximum absolute atomic E-state index is 12.5. The Balaban J connectivity index is 2.56. The number of aromatic hydroxyl groups is 1. The molecule has 4 heteroatoms. The molecular weight excluding hydrogens is 268 g/mol. The number of carbonyl (C=O) groups is 1. The van der Waals surface area contributed by atoms with Crippen molar-refractivity contribution in [3.63, 3.8) is 0 Å². The molecule has 1 heterocycles. The van der Waals surface area contributed by atoms with Gasteiger partial charge in [0.25, 0.3) is 0 Å². The van der Waals surface area contributed by atoms with Gasteiger partial charge in [0.2, 0.25) is 0 Å². The molecule has 21 heavy (non-hydrogen) atoms. The van der Waals surface area contributed by atoms with E-state index in [1.807, 2.05) is 27.7 Å². The predicted molar refractivity (Wildman–Crippen MR) is 81.5 cm³/mol. The third-order valence-electron chi connectivity index (χ3n) is 4.22. The van der Waals surface area contributed by atoms with Gasteiger partial charge in [-0.25, -0.2) is 0 Å². The predicted octanol–water partition coefficient (Wildman–Crippen LogP) is 3.73. The third kappa shape index (κ3) is 2.85. The molecule has 0 radical (unpaired) electrons. The first-order valence-electron chi connectivity index (χ1n) is 7.46. The normalized spacial score (nSPS) is 17.6. The molecular formula is C17H24O4. The van der Waals surface area contributed by atoms with Crippen molar-refractivity contribution in [2.24, 2.45) is 5.92 Å². The number of fused-ring (bicyclic) bond motifs is 1. The summed E-state index contributed by atoms with van der Waals surface area (Å²) < 4.78 is 11.2. The zero-order chi connectivity index (χ0) is 15.8. The Hall–Kier alpha value is -1.71. The summed E-state index contributed by atoms with van der Waals surface area (Å²) in [5.41, 5.74) is 0.725. The van der Waals surface area contributed by atoms with Gasteiger partial charge in [0, 0.05) is 17.5 Å². The molecule has 1 aromatic carbocycles. The molecule has 1 aliphatic heterocycles. The Morgan fingerprint density at radius 2 is 2.19 bits per heavy atom.